The van der Waals surface area contributed by atoms with Crippen LogP contribution in [0.5, 0.6) is 5.75 Å². The number of aromatic nitrogens is 1. The van der Waals surface area contributed by atoms with E-state index in [1.807, 2.05) is 30.5 Å². The minimum atomic E-state index is 0. The van der Waals surface area contributed by atoms with Crippen molar-refractivity contribution in [3.63, 3.8) is 0 Å². The Hall–Kier alpha value is -1.83. The van der Waals surface area contributed by atoms with Gasteiger partial charge in [-0.25, -0.2) is 0 Å². The van der Waals surface area contributed by atoms with E-state index in [0.717, 1.165) is 30.4 Å². The molecule has 2 aromatic rings. The molecule has 1 heterocycles. The molecule has 2 rings (SSSR count). The van der Waals surface area contributed by atoms with Gasteiger partial charge in [-0.3, -0.25) is 9.98 Å². The SMILES string of the molecule is CN=C(NCCc1ccccc1OC)NCc1ncccc1C.I. The lowest BCUT2D eigenvalue weighted by molar-refractivity contribution is 0.409. The summed E-state index contributed by atoms with van der Waals surface area (Å²) in [6, 6.07) is 12.1. The molecule has 0 aliphatic heterocycles. The molecule has 0 spiro atoms. The van der Waals surface area contributed by atoms with Crippen molar-refractivity contribution in [3.05, 3.63) is 59.4 Å². The molecule has 0 aliphatic rings. The Morgan fingerprint density at radius 2 is 1.96 bits per heavy atom. The lowest BCUT2D eigenvalue weighted by Gasteiger charge is -2.13. The smallest absolute Gasteiger partial charge is 0.191 e. The van der Waals surface area contributed by atoms with Crippen molar-refractivity contribution in [3.8, 4) is 5.75 Å². The molecule has 0 amide bonds. The number of rotatable bonds is 6. The van der Waals surface area contributed by atoms with Crippen molar-refractivity contribution < 1.29 is 4.74 Å². The second kappa shape index (κ2) is 10.9. The van der Waals surface area contributed by atoms with Crippen LogP contribution in [0.3, 0.4) is 0 Å². The topological polar surface area (TPSA) is 58.5 Å². The fourth-order valence-corrected chi connectivity index (χ4v) is 2.32. The van der Waals surface area contributed by atoms with Crippen LogP contribution in [0.25, 0.3) is 0 Å². The maximum absolute atomic E-state index is 5.37. The monoisotopic (exact) mass is 440 g/mol. The number of benzene rings is 1. The van der Waals surface area contributed by atoms with Gasteiger partial charge >= 0.3 is 0 Å². The van der Waals surface area contributed by atoms with Crippen molar-refractivity contribution >= 4 is 29.9 Å². The zero-order valence-corrected chi connectivity index (χ0v) is 16.7. The number of para-hydroxylation sites is 1. The van der Waals surface area contributed by atoms with Gasteiger partial charge in [0.1, 0.15) is 5.75 Å². The number of aliphatic imine (C=N–C) groups is 1. The molecule has 6 heteroatoms. The van der Waals surface area contributed by atoms with Gasteiger partial charge in [-0.1, -0.05) is 24.3 Å². The van der Waals surface area contributed by atoms with E-state index in [1.54, 1.807) is 14.2 Å². The van der Waals surface area contributed by atoms with E-state index in [-0.39, 0.29) is 24.0 Å². The van der Waals surface area contributed by atoms with Crippen LogP contribution < -0.4 is 15.4 Å². The second-order valence-electron chi connectivity index (χ2n) is 5.18. The van der Waals surface area contributed by atoms with E-state index in [0.29, 0.717) is 6.54 Å². The molecule has 2 N–H and O–H groups in total. The number of nitrogens with one attached hydrogen (secondary N) is 2. The van der Waals surface area contributed by atoms with E-state index in [9.17, 15) is 0 Å². The minimum Gasteiger partial charge on any atom is -0.496 e. The number of pyridine rings is 1. The first-order chi connectivity index (χ1) is 11.2. The van der Waals surface area contributed by atoms with Crippen LogP contribution in [-0.2, 0) is 13.0 Å². The normalized spacial score (nSPS) is 10.7. The van der Waals surface area contributed by atoms with Crippen LogP contribution in [-0.4, -0.2) is 31.6 Å². The summed E-state index contributed by atoms with van der Waals surface area (Å²) < 4.78 is 5.37. The maximum atomic E-state index is 5.37. The van der Waals surface area contributed by atoms with Gasteiger partial charge in [0.25, 0.3) is 0 Å². The number of halogens is 1. The van der Waals surface area contributed by atoms with E-state index >= 15 is 0 Å². The van der Waals surface area contributed by atoms with Gasteiger partial charge in [0, 0.05) is 19.8 Å². The number of aryl methyl sites for hydroxylation is 1. The zero-order valence-electron chi connectivity index (χ0n) is 14.4. The fraction of sp³-hybridized carbons (Fsp3) is 0.333. The van der Waals surface area contributed by atoms with Gasteiger partial charge in [-0.2, -0.15) is 0 Å². The van der Waals surface area contributed by atoms with Crippen molar-refractivity contribution in [2.75, 3.05) is 20.7 Å². The van der Waals surface area contributed by atoms with E-state index in [4.69, 9.17) is 4.74 Å². The molecule has 1 aromatic heterocycles. The number of ether oxygens (including phenoxy) is 1. The number of methoxy groups -OCH3 is 1. The first-order valence-electron chi connectivity index (χ1n) is 7.71. The first-order valence-corrected chi connectivity index (χ1v) is 7.71. The summed E-state index contributed by atoms with van der Waals surface area (Å²) in [5.74, 6) is 1.69. The third-order valence-corrected chi connectivity index (χ3v) is 3.64. The molecule has 130 valence electrons. The van der Waals surface area contributed by atoms with E-state index < -0.39 is 0 Å². The van der Waals surface area contributed by atoms with Gasteiger partial charge in [0.2, 0.25) is 0 Å². The Morgan fingerprint density at radius 3 is 2.67 bits per heavy atom. The van der Waals surface area contributed by atoms with Crippen LogP contribution in [0, 0.1) is 6.92 Å². The minimum absolute atomic E-state index is 0. The largest absolute Gasteiger partial charge is 0.496 e. The molecule has 0 saturated carbocycles. The Labute approximate surface area is 161 Å². The molecule has 1 aromatic carbocycles. The number of hydrogen-bond donors (Lipinski definition) is 2. The predicted molar refractivity (Wildman–Crippen MR) is 109 cm³/mol. The molecule has 0 unspecified atom stereocenters. The van der Waals surface area contributed by atoms with Crippen LogP contribution >= 0.6 is 24.0 Å². The summed E-state index contributed by atoms with van der Waals surface area (Å²) in [6.07, 6.45) is 2.68. The second-order valence-corrected chi connectivity index (χ2v) is 5.18. The summed E-state index contributed by atoms with van der Waals surface area (Å²) >= 11 is 0. The van der Waals surface area contributed by atoms with Crippen LogP contribution in [0.15, 0.2) is 47.6 Å². The molecular weight excluding hydrogens is 415 g/mol. The number of nitrogens with zero attached hydrogens (tertiary/aromatic N) is 2. The fourth-order valence-electron chi connectivity index (χ4n) is 2.32. The van der Waals surface area contributed by atoms with Crippen molar-refractivity contribution in [1.29, 1.82) is 0 Å². The summed E-state index contributed by atoms with van der Waals surface area (Å²) in [5, 5.41) is 6.60. The average Bonchev–Trinajstić information content (AvgIpc) is 2.59. The third kappa shape index (κ3) is 5.99. The highest BCUT2D eigenvalue weighted by atomic mass is 127. The molecule has 5 nitrogen and oxygen atoms in total. The van der Waals surface area contributed by atoms with Gasteiger partial charge < -0.3 is 15.4 Å². The lowest BCUT2D eigenvalue weighted by atomic mass is 10.1. The Morgan fingerprint density at radius 1 is 1.17 bits per heavy atom. The average molecular weight is 440 g/mol. The molecule has 0 radical (unpaired) electrons. The number of guanidine groups is 1. The lowest BCUT2D eigenvalue weighted by Crippen LogP contribution is -2.38. The molecule has 0 saturated heterocycles. The van der Waals surface area contributed by atoms with E-state index in [2.05, 4.69) is 39.7 Å². The number of hydrogen-bond acceptors (Lipinski definition) is 3. The van der Waals surface area contributed by atoms with E-state index in [1.165, 1.54) is 11.1 Å². The molecule has 0 aliphatic carbocycles. The highest BCUT2D eigenvalue weighted by Crippen LogP contribution is 2.17. The van der Waals surface area contributed by atoms with Crippen molar-refractivity contribution in [2.45, 2.75) is 19.9 Å². The molecule has 0 fully saturated rings. The van der Waals surface area contributed by atoms with Gasteiger partial charge in [-0.05, 0) is 36.6 Å². The highest BCUT2D eigenvalue weighted by molar-refractivity contribution is 14.0. The first kappa shape index (κ1) is 20.2. The summed E-state index contributed by atoms with van der Waals surface area (Å²) in [4.78, 5) is 8.62. The Bertz CT molecular complexity index is 661. The standard InChI is InChI=1S/C18H24N4O.HI/c1-14-7-6-11-20-16(14)13-22-18(19-2)21-12-10-15-8-4-5-9-17(15)23-3;/h4-9,11H,10,12-13H2,1-3H3,(H2,19,21,22);1H. The summed E-state index contributed by atoms with van der Waals surface area (Å²) in [5.41, 5.74) is 3.38. The molecule has 0 atom stereocenters. The van der Waals surface area contributed by atoms with Crippen LogP contribution in [0.1, 0.15) is 16.8 Å². The molecule has 24 heavy (non-hydrogen) atoms. The van der Waals surface area contributed by atoms with Crippen LogP contribution in [0.2, 0.25) is 0 Å². The summed E-state index contributed by atoms with van der Waals surface area (Å²) in [6.45, 7) is 3.49. The summed E-state index contributed by atoms with van der Waals surface area (Å²) in [7, 11) is 3.46. The van der Waals surface area contributed by atoms with Crippen LogP contribution in [0.4, 0.5) is 0 Å². The van der Waals surface area contributed by atoms with Crippen molar-refractivity contribution in [1.82, 2.24) is 15.6 Å². The predicted octanol–water partition coefficient (Wildman–Crippen LogP) is 2.92. The maximum Gasteiger partial charge on any atom is 0.191 e. The third-order valence-electron chi connectivity index (χ3n) is 3.64. The Kier molecular flexibility index (Phi) is 9.14. The van der Waals surface area contributed by atoms with Gasteiger partial charge in [-0.15, -0.1) is 24.0 Å². The van der Waals surface area contributed by atoms with Crippen molar-refractivity contribution in [2.24, 2.45) is 4.99 Å². The quantitative estimate of drug-likeness (QED) is 0.412. The highest BCUT2D eigenvalue weighted by Gasteiger charge is 2.04. The van der Waals surface area contributed by atoms with Gasteiger partial charge in [0.15, 0.2) is 5.96 Å². The van der Waals surface area contributed by atoms with Gasteiger partial charge in [0.05, 0.1) is 19.3 Å². The molecule has 0 bridgehead atoms. The zero-order chi connectivity index (χ0) is 16.5. The molecular formula is C18H25IN4O. The Balaban J connectivity index is 0.00000288.